The molecule has 0 radical (unpaired) electrons. The molecule has 0 saturated carbocycles. The third kappa shape index (κ3) is 2.71. The lowest BCUT2D eigenvalue weighted by Gasteiger charge is -2.44. The molecule has 0 unspecified atom stereocenters. The van der Waals surface area contributed by atoms with Gasteiger partial charge in [0.05, 0.1) is 5.52 Å². The molecule has 2 N–H and O–H groups in total. The van der Waals surface area contributed by atoms with Crippen molar-refractivity contribution in [2.45, 2.75) is 25.8 Å². The quantitative estimate of drug-likeness (QED) is 0.747. The van der Waals surface area contributed by atoms with Gasteiger partial charge < -0.3 is 10.2 Å². The first-order valence-electron chi connectivity index (χ1n) is 9.11. The summed E-state index contributed by atoms with van der Waals surface area (Å²) in [5.74, 6) is 0.529. The number of carbonyl (C=O) groups excluding carboxylic acids is 1. The van der Waals surface area contributed by atoms with Crippen LogP contribution in [0.3, 0.4) is 0 Å². The molecule has 3 aromatic rings. The van der Waals surface area contributed by atoms with Crippen molar-refractivity contribution in [1.82, 2.24) is 25.4 Å². The van der Waals surface area contributed by atoms with Crippen LogP contribution in [-0.4, -0.2) is 51.7 Å². The molecule has 6 nitrogen and oxygen atoms in total. The lowest BCUT2D eigenvalue weighted by molar-refractivity contribution is 0.0618. The van der Waals surface area contributed by atoms with Crippen molar-refractivity contribution >= 4 is 28.1 Å². The van der Waals surface area contributed by atoms with Gasteiger partial charge in [-0.2, -0.15) is 5.10 Å². The Morgan fingerprint density at radius 3 is 2.88 bits per heavy atom. The molecule has 2 bridgehead atoms. The molecule has 6 rings (SSSR count). The summed E-state index contributed by atoms with van der Waals surface area (Å²) in [6.45, 7) is 5.29. The molecule has 1 atom stereocenters. The lowest BCUT2D eigenvalue weighted by Crippen LogP contribution is -2.57. The first-order valence-corrected chi connectivity index (χ1v) is 9.99. The number of nitrogens with zero attached hydrogens (tertiary/aromatic N) is 3. The number of nitrogens with one attached hydrogen (secondary N) is 2. The zero-order valence-corrected chi connectivity index (χ0v) is 15.5. The molecule has 3 aliphatic rings. The maximum absolute atomic E-state index is 12.8. The Bertz CT molecular complexity index is 969. The highest BCUT2D eigenvalue weighted by atomic mass is 32.1. The Labute approximate surface area is 155 Å². The summed E-state index contributed by atoms with van der Waals surface area (Å²) in [6, 6.07) is 6.25. The molecule has 26 heavy (non-hydrogen) atoms. The van der Waals surface area contributed by atoms with Gasteiger partial charge in [0, 0.05) is 34.6 Å². The van der Waals surface area contributed by atoms with Gasteiger partial charge in [-0.25, -0.2) is 4.98 Å². The Balaban J connectivity index is 1.39. The van der Waals surface area contributed by atoms with Crippen LogP contribution in [-0.2, 0) is 0 Å². The second-order valence-corrected chi connectivity index (χ2v) is 8.20. The summed E-state index contributed by atoms with van der Waals surface area (Å²) < 4.78 is 0. The smallest absolute Gasteiger partial charge is 0.272 e. The van der Waals surface area contributed by atoms with E-state index in [0.29, 0.717) is 11.6 Å². The third-order valence-electron chi connectivity index (χ3n) is 5.62. The molecule has 0 spiro atoms. The number of H-pyrrole nitrogens is 1. The number of aryl methyl sites for hydroxylation is 1. The lowest BCUT2D eigenvalue weighted by atomic mass is 9.84. The summed E-state index contributed by atoms with van der Waals surface area (Å²) in [5.41, 5.74) is 3.42. The fourth-order valence-corrected chi connectivity index (χ4v) is 4.97. The van der Waals surface area contributed by atoms with Crippen LogP contribution < -0.4 is 5.32 Å². The summed E-state index contributed by atoms with van der Waals surface area (Å²) in [4.78, 5) is 19.8. The van der Waals surface area contributed by atoms with Crippen molar-refractivity contribution in [2.75, 3.05) is 19.6 Å². The van der Waals surface area contributed by atoms with Gasteiger partial charge in [-0.3, -0.25) is 9.89 Å². The molecule has 134 valence electrons. The monoisotopic (exact) mass is 367 g/mol. The zero-order chi connectivity index (χ0) is 17.7. The number of piperidine rings is 3. The van der Waals surface area contributed by atoms with E-state index in [1.165, 1.54) is 25.9 Å². The van der Waals surface area contributed by atoms with Crippen LogP contribution in [0.15, 0.2) is 23.6 Å². The highest BCUT2D eigenvalue weighted by Crippen LogP contribution is 2.29. The number of aromatic amines is 1. The van der Waals surface area contributed by atoms with Crippen LogP contribution in [0.4, 0.5) is 0 Å². The predicted molar refractivity (Wildman–Crippen MR) is 102 cm³/mol. The van der Waals surface area contributed by atoms with Crippen molar-refractivity contribution in [3.8, 4) is 10.6 Å². The molecule has 3 saturated heterocycles. The summed E-state index contributed by atoms with van der Waals surface area (Å²) in [5, 5.41) is 14.4. The van der Waals surface area contributed by atoms with Gasteiger partial charge >= 0.3 is 0 Å². The first kappa shape index (κ1) is 16.0. The van der Waals surface area contributed by atoms with Gasteiger partial charge in [0.15, 0.2) is 5.69 Å². The standard InChI is InChI=1S/C19H21N5OS/c1-11-10-26-19(20-11)13-2-3-14-15(8-13)22-23-17(14)18(25)21-16-9-24-6-4-12(16)5-7-24/h2-3,8,10,12,16H,4-7,9H2,1H3,(H,21,25)(H,22,23)/t16-/m1/s1. The molecule has 7 heteroatoms. The van der Waals surface area contributed by atoms with Crippen molar-refractivity contribution in [3.63, 3.8) is 0 Å². The summed E-state index contributed by atoms with van der Waals surface area (Å²) in [7, 11) is 0. The minimum atomic E-state index is -0.0761. The fourth-order valence-electron chi connectivity index (χ4n) is 4.18. The van der Waals surface area contributed by atoms with E-state index in [2.05, 4.69) is 25.4 Å². The summed E-state index contributed by atoms with van der Waals surface area (Å²) in [6.07, 6.45) is 2.37. The number of rotatable bonds is 3. The Morgan fingerprint density at radius 2 is 2.19 bits per heavy atom. The van der Waals surface area contributed by atoms with Gasteiger partial charge in [-0.15, -0.1) is 11.3 Å². The van der Waals surface area contributed by atoms with E-state index in [9.17, 15) is 4.79 Å². The molecular weight excluding hydrogens is 346 g/mol. The first-order chi connectivity index (χ1) is 12.7. The molecule has 3 fully saturated rings. The number of aromatic nitrogens is 3. The predicted octanol–water partition coefficient (Wildman–Crippen LogP) is 2.82. The fraction of sp³-hybridized carbons (Fsp3) is 0.421. The Hall–Kier alpha value is -2.25. The highest BCUT2D eigenvalue weighted by Gasteiger charge is 2.35. The average molecular weight is 367 g/mol. The molecule has 5 heterocycles. The van der Waals surface area contributed by atoms with Crippen LogP contribution >= 0.6 is 11.3 Å². The van der Waals surface area contributed by atoms with Crippen LogP contribution in [0.25, 0.3) is 21.5 Å². The summed E-state index contributed by atoms with van der Waals surface area (Å²) >= 11 is 1.63. The number of benzene rings is 1. The number of hydrogen-bond acceptors (Lipinski definition) is 5. The van der Waals surface area contributed by atoms with E-state index in [-0.39, 0.29) is 11.9 Å². The Morgan fingerprint density at radius 1 is 1.35 bits per heavy atom. The molecule has 1 amide bonds. The minimum Gasteiger partial charge on any atom is -0.346 e. The van der Waals surface area contributed by atoms with Crippen molar-refractivity contribution in [3.05, 3.63) is 35.0 Å². The molecule has 3 aliphatic heterocycles. The Kier molecular flexibility index (Phi) is 3.79. The van der Waals surface area contributed by atoms with Crippen LogP contribution in [0.5, 0.6) is 0 Å². The van der Waals surface area contributed by atoms with Crippen LogP contribution in [0.1, 0.15) is 29.0 Å². The highest BCUT2D eigenvalue weighted by molar-refractivity contribution is 7.13. The minimum absolute atomic E-state index is 0.0761. The van der Waals surface area contributed by atoms with Gasteiger partial charge in [0.2, 0.25) is 0 Å². The maximum atomic E-state index is 12.8. The van der Waals surface area contributed by atoms with Crippen molar-refractivity contribution in [1.29, 1.82) is 0 Å². The van der Waals surface area contributed by atoms with Gasteiger partial charge in [-0.1, -0.05) is 6.07 Å². The van der Waals surface area contributed by atoms with Gasteiger partial charge in [-0.05, 0) is 50.9 Å². The number of thiazole rings is 1. The second-order valence-electron chi connectivity index (χ2n) is 7.34. The van der Waals surface area contributed by atoms with E-state index in [0.717, 1.165) is 33.7 Å². The molecule has 2 aromatic heterocycles. The second kappa shape index (κ2) is 6.17. The van der Waals surface area contributed by atoms with E-state index >= 15 is 0 Å². The molecular formula is C19H21N5OS. The van der Waals surface area contributed by atoms with Crippen molar-refractivity contribution in [2.24, 2.45) is 5.92 Å². The SMILES string of the molecule is Cc1csc(-c2ccc3c(C(=O)N[C@@H]4CN5CCC4CC5)n[nH]c3c2)n1. The van der Waals surface area contributed by atoms with E-state index in [1.807, 2.05) is 30.5 Å². The zero-order valence-electron chi connectivity index (χ0n) is 14.7. The average Bonchev–Trinajstić information content (AvgIpc) is 3.28. The van der Waals surface area contributed by atoms with E-state index in [4.69, 9.17) is 0 Å². The number of hydrogen-bond donors (Lipinski definition) is 2. The molecule has 0 aliphatic carbocycles. The van der Waals surface area contributed by atoms with Crippen LogP contribution in [0.2, 0.25) is 0 Å². The van der Waals surface area contributed by atoms with E-state index in [1.54, 1.807) is 11.3 Å². The third-order valence-corrected chi connectivity index (χ3v) is 6.63. The molecule has 1 aromatic carbocycles. The largest absolute Gasteiger partial charge is 0.346 e. The van der Waals surface area contributed by atoms with E-state index < -0.39 is 0 Å². The maximum Gasteiger partial charge on any atom is 0.272 e. The van der Waals surface area contributed by atoms with Crippen LogP contribution in [0, 0.1) is 12.8 Å². The van der Waals surface area contributed by atoms with Crippen molar-refractivity contribution < 1.29 is 4.79 Å². The number of carbonyl (C=O) groups is 1. The topological polar surface area (TPSA) is 73.9 Å². The number of fused-ring (bicyclic) bond motifs is 4. The normalized spacial score (nSPS) is 24.9. The van der Waals surface area contributed by atoms with Gasteiger partial charge in [0.1, 0.15) is 5.01 Å². The number of amides is 1. The van der Waals surface area contributed by atoms with Gasteiger partial charge in [0.25, 0.3) is 5.91 Å².